The van der Waals surface area contributed by atoms with Gasteiger partial charge in [-0.05, 0) is 45.4 Å². The van der Waals surface area contributed by atoms with Crippen molar-refractivity contribution in [2.45, 2.75) is 52.6 Å². The molecule has 0 saturated carbocycles. The highest BCUT2D eigenvalue weighted by atomic mass is 16.6. The number of hydrogen-bond acceptors (Lipinski definition) is 7. The van der Waals surface area contributed by atoms with Gasteiger partial charge in [-0.1, -0.05) is 26.0 Å². The zero-order chi connectivity index (χ0) is 26.0. The number of anilines is 3. The van der Waals surface area contributed by atoms with Gasteiger partial charge in [0.2, 0.25) is 5.95 Å². The van der Waals surface area contributed by atoms with Crippen LogP contribution >= 0.6 is 0 Å². The fourth-order valence-corrected chi connectivity index (χ4v) is 4.09. The van der Waals surface area contributed by atoms with Gasteiger partial charge in [0.15, 0.2) is 0 Å². The third-order valence-electron chi connectivity index (χ3n) is 5.88. The third-order valence-corrected chi connectivity index (χ3v) is 5.88. The summed E-state index contributed by atoms with van der Waals surface area (Å²) >= 11 is 0. The molecule has 3 rings (SSSR count). The molecule has 0 fully saturated rings. The number of fused-ring (bicyclic) bond motifs is 1. The van der Waals surface area contributed by atoms with Gasteiger partial charge in [0.05, 0.1) is 0 Å². The first-order valence-corrected chi connectivity index (χ1v) is 12.0. The molecule has 2 amide bonds. The van der Waals surface area contributed by atoms with Crippen molar-refractivity contribution >= 4 is 29.5 Å². The van der Waals surface area contributed by atoms with E-state index in [1.165, 1.54) is 0 Å². The van der Waals surface area contributed by atoms with Crippen molar-refractivity contribution in [3.63, 3.8) is 0 Å². The Balaban J connectivity index is 1.86. The van der Waals surface area contributed by atoms with Gasteiger partial charge in [0.25, 0.3) is 5.91 Å². The quantitative estimate of drug-likeness (QED) is 0.661. The van der Waals surface area contributed by atoms with E-state index in [1.54, 1.807) is 23.0 Å². The molecule has 1 aliphatic heterocycles. The SMILES string of the molecule is CCNc1ncc2c(n1)N(C)CCN(c1cccc(C(C)(C)CN(C)C(=O)OC(C)(C)C)c1)C2=O. The predicted octanol–water partition coefficient (Wildman–Crippen LogP) is 4.15. The molecule has 2 heterocycles. The first-order chi connectivity index (χ1) is 16.3. The van der Waals surface area contributed by atoms with Gasteiger partial charge < -0.3 is 24.8 Å². The molecule has 2 aromatic rings. The van der Waals surface area contributed by atoms with Crippen molar-refractivity contribution in [3.8, 4) is 0 Å². The number of rotatable bonds is 6. The van der Waals surface area contributed by atoms with Crippen LogP contribution in [0.25, 0.3) is 0 Å². The van der Waals surface area contributed by atoms with Crippen LogP contribution in [0.3, 0.4) is 0 Å². The Kier molecular flexibility index (Phi) is 7.57. The zero-order valence-corrected chi connectivity index (χ0v) is 22.2. The molecule has 0 unspecified atom stereocenters. The Hall–Kier alpha value is -3.36. The van der Waals surface area contributed by atoms with Gasteiger partial charge in [-0.3, -0.25) is 4.79 Å². The lowest BCUT2D eigenvalue weighted by atomic mass is 9.84. The summed E-state index contributed by atoms with van der Waals surface area (Å²) in [5.41, 5.74) is 1.38. The molecule has 0 radical (unpaired) electrons. The molecule has 1 aromatic heterocycles. The number of aromatic nitrogens is 2. The van der Waals surface area contributed by atoms with E-state index in [0.717, 1.165) is 11.3 Å². The lowest BCUT2D eigenvalue weighted by Crippen LogP contribution is -2.41. The molecule has 1 N–H and O–H groups in total. The van der Waals surface area contributed by atoms with Crippen molar-refractivity contribution < 1.29 is 14.3 Å². The lowest BCUT2D eigenvalue weighted by molar-refractivity contribution is 0.0268. The minimum absolute atomic E-state index is 0.131. The Morgan fingerprint density at radius 3 is 2.57 bits per heavy atom. The maximum atomic E-state index is 13.5. The van der Waals surface area contributed by atoms with Gasteiger partial charge in [-0.15, -0.1) is 0 Å². The maximum Gasteiger partial charge on any atom is 0.410 e. The summed E-state index contributed by atoms with van der Waals surface area (Å²) in [6.07, 6.45) is 1.24. The Bertz CT molecular complexity index is 1080. The van der Waals surface area contributed by atoms with Crippen LogP contribution in [0.2, 0.25) is 0 Å². The van der Waals surface area contributed by atoms with E-state index in [1.807, 2.05) is 63.9 Å². The van der Waals surface area contributed by atoms with Crippen LogP contribution in [0.15, 0.2) is 30.5 Å². The summed E-state index contributed by atoms with van der Waals surface area (Å²) in [4.78, 5) is 40.3. The van der Waals surface area contributed by atoms with Crippen LogP contribution in [-0.4, -0.2) is 72.7 Å². The van der Waals surface area contributed by atoms with Gasteiger partial charge in [0.1, 0.15) is 17.0 Å². The van der Waals surface area contributed by atoms with Crippen molar-refractivity contribution in [1.82, 2.24) is 14.9 Å². The van der Waals surface area contributed by atoms with E-state index in [0.29, 0.717) is 43.5 Å². The lowest BCUT2D eigenvalue weighted by Gasteiger charge is -2.33. The topological polar surface area (TPSA) is 90.9 Å². The normalized spacial score (nSPS) is 14.3. The summed E-state index contributed by atoms with van der Waals surface area (Å²) in [7, 11) is 3.68. The Morgan fingerprint density at radius 1 is 1.20 bits per heavy atom. The molecule has 9 nitrogen and oxygen atoms in total. The fourth-order valence-electron chi connectivity index (χ4n) is 4.09. The first-order valence-electron chi connectivity index (χ1n) is 12.0. The average Bonchev–Trinajstić information content (AvgIpc) is 2.89. The van der Waals surface area contributed by atoms with E-state index in [-0.39, 0.29) is 17.4 Å². The summed E-state index contributed by atoms with van der Waals surface area (Å²) < 4.78 is 5.51. The van der Waals surface area contributed by atoms with Crippen molar-refractivity contribution in [1.29, 1.82) is 0 Å². The molecule has 35 heavy (non-hydrogen) atoms. The molecule has 190 valence electrons. The number of benzene rings is 1. The van der Waals surface area contributed by atoms with Crippen LogP contribution in [0.5, 0.6) is 0 Å². The largest absolute Gasteiger partial charge is 0.444 e. The van der Waals surface area contributed by atoms with Gasteiger partial charge in [-0.25, -0.2) is 9.78 Å². The number of ether oxygens (including phenoxy) is 1. The number of nitrogens with zero attached hydrogens (tertiary/aromatic N) is 5. The van der Waals surface area contributed by atoms with Crippen LogP contribution in [0.4, 0.5) is 22.2 Å². The molecule has 0 aliphatic carbocycles. The molecule has 1 aromatic carbocycles. The predicted molar refractivity (Wildman–Crippen MR) is 139 cm³/mol. The van der Waals surface area contributed by atoms with E-state index in [4.69, 9.17) is 4.74 Å². The van der Waals surface area contributed by atoms with E-state index >= 15 is 0 Å². The van der Waals surface area contributed by atoms with Gasteiger partial charge in [0, 0.05) is 57.6 Å². The number of hydrogen-bond donors (Lipinski definition) is 1. The minimum Gasteiger partial charge on any atom is -0.444 e. The minimum atomic E-state index is -0.553. The second-order valence-corrected chi connectivity index (χ2v) is 10.6. The van der Waals surface area contributed by atoms with Crippen LogP contribution in [0, 0.1) is 0 Å². The van der Waals surface area contributed by atoms with Crippen molar-refractivity contribution in [2.75, 3.05) is 55.4 Å². The van der Waals surface area contributed by atoms with Gasteiger partial charge >= 0.3 is 6.09 Å². The smallest absolute Gasteiger partial charge is 0.410 e. The monoisotopic (exact) mass is 482 g/mol. The highest BCUT2D eigenvalue weighted by molar-refractivity contribution is 6.09. The van der Waals surface area contributed by atoms with Crippen LogP contribution in [0.1, 0.15) is 57.5 Å². The van der Waals surface area contributed by atoms with E-state index < -0.39 is 5.60 Å². The Labute approximate surface area is 208 Å². The molecule has 1 aliphatic rings. The molecular formula is C26H38N6O3. The average molecular weight is 483 g/mol. The Morgan fingerprint density at radius 2 is 1.91 bits per heavy atom. The van der Waals surface area contributed by atoms with Crippen LogP contribution in [-0.2, 0) is 10.2 Å². The third kappa shape index (κ3) is 6.21. The molecule has 0 atom stereocenters. The number of likely N-dealkylation sites (N-methyl/N-ethyl adjacent to an activating group) is 2. The van der Waals surface area contributed by atoms with Gasteiger partial charge in [-0.2, -0.15) is 4.98 Å². The van der Waals surface area contributed by atoms with E-state index in [2.05, 4.69) is 29.1 Å². The van der Waals surface area contributed by atoms with Crippen LogP contribution < -0.4 is 15.1 Å². The molecular weight excluding hydrogens is 444 g/mol. The molecule has 0 spiro atoms. The zero-order valence-electron chi connectivity index (χ0n) is 22.2. The number of nitrogens with one attached hydrogen (secondary N) is 1. The highest BCUT2D eigenvalue weighted by Crippen LogP contribution is 2.31. The fraction of sp³-hybridized carbons (Fsp3) is 0.538. The standard InChI is InChI=1S/C26H38N6O3/c1-9-27-23-28-16-20-21(29-23)30(7)13-14-32(22(20)33)19-12-10-11-18(15-19)26(5,6)17-31(8)24(34)35-25(2,3)4/h10-12,15-16H,9,13-14,17H2,1-8H3,(H,27,28,29). The molecule has 0 saturated heterocycles. The van der Waals surface area contributed by atoms with E-state index in [9.17, 15) is 9.59 Å². The second kappa shape index (κ2) is 10.1. The number of carbonyl (C=O) groups excluding carboxylic acids is 2. The highest BCUT2D eigenvalue weighted by Gasteiger charge is 2.31. The number of carbonyl (C=O) groups is 2. The maximum absolute atomic E-state index is 13.5. The number of amides is 2. The summed E-state index contributed by atoms with van der Waals surface area (Å²) in [6, 6.07) is 7.95. The molecule has 0 bridgehead atoms. The molecule has 9 heteroatoms. The summed E-state index contributed by atoms with van der Waals surface area (Å²) in [5.74, 6) is 1.00. The van der Waals surface area contributed by atoms with Crippen molar-refractivity contribution in [2.24, 2.45) is 0 Å². The summed E-state index contributed by atoms with van der Waals surface area (Å²) in [5, 5.41) is 3.11. The van der Waals surface area contributed by atoms with Crippen molar-refractivity contribution in [3.05, 3.63) is 41.6 Å². The summed E-state index contributed by atoms with van der Waals surface area (Å²) in [6.45, 7) is 14.0. The first kappa shape index (κ1) is 26.2. The second-order valence-electron chi connectivity index (χ2n) is 10.6.